The molecule has 0 atom stereocenters. The predicted octanol–water partition coefficient (Wildman–Crippen LogP) is 1.86. The van der Waals surface area contributed by atoms with Crippen LogP contribution in [0.3, 0.4) is 0 Å². The number of carbonyl (C=O) groups excluding carboxylic acids is 1. The number of aromatic carboxylic acids is 1. The number of benzene rings is 1. The number of carboxylic acids is 1. The number of amides is 2. The van der Waals surface area contributed by atoms with Crippen molar-refractivity contribution in [1.29, 1.82) is 0 Å². The fourth-order valence-corrected chi connectivity index (χ4v) is 3.60. The number of hydrogen-bond acceptors (Lipinski definition) is 6. The summed E-state index contributed by atoms with van der Waals surface area (Å²) in [4.78, 5) is 30.9. The Balaban J connectivity index is 2.24. The lowest BCUT2D eigenvalue weighted by molar-refractivity contribution is 0.0692. The summed E-state index contributed by atoms with van der Waals surface area (Å²) in [5, 5.41) is 11.3. The average molecular weight is 378 g/mol. The first kappa shape index (κ1) is 19.3. The van der Waals surface area contributed by atoms with Crippen LogP contribution in [0.15, 0.2) is 29.2 Å². The fraction of sp³-hybridized carbons (Fsp3) is 0.250. The van der Waals surface area contributed by atoms with Gasteiger partial charge < -0.3 is 5.11 Å². The van der Waals surface area contributed by atoms with Gasteiger partial charge in [-0.25, -0.2) is 32.7 Å². The Morgan fingerprint density at radius 3 is 2.23 bits per heavy atom. The topological polar surface area (TPSA) is 138 Å². The highest BCUT2D eigenvalue weighted by Gasteiger charge is 2.24. The third-order valence-electron chi connectivity index (χ3n) is 3.63. The number of sulfonamides is 1. The molecule has 0 fully saturated rings. The van der Waals surface area contributed by atoms with Gasteiger partial charge in [0, 0.05) is 11.4 Å². The molecular weight excluding hydrogens is 360 g/mol. The summed E-state index contributed by atoms with van der Waals surface area (Å²) in [6, 6.07) is 3.89. The molecule has 0 saturated carbocycles. The van der Waals surface area contributed by atoms with E-state index in [4.69, 9.17) is 5.11 Å². The number of anilines is 1. The van der Waals surface area contributed by atoms with E-state index in [0.29, 0.717) is 11.4 Å². The van der Waals surface area contributed by atoms with E-state index in [1.165, 1.54) is 12.1 Å². The van der Waals surface area contributed by atoms with Gasteiger partial charge in [0.1, 0.15) is 4.90 Å². The Morgan fingerprint density at radius 2 is 1.69 bits per heavy atom. The molecule has 0 spiro atoms. The van der Waals surface area contributed by atoms with Gasteiger partial charge in [0.05, 0.1) is 5.56 Å². The van der Waals surface area contributed by atoms with Crippen LogP contribution in [0.25, 0.3) is 0 Å². The van der Waals surface area contributed by atoms with Crippen molar-refractivity contribution in [3.8, 4) is 0 Å². The number of nitrogens with one attached hydrogen (secondary N) is 2. The molecule has 0 aliphatic heterocycles. The SMILES string of the molecule is CCc1c(C)nc(NC(=O)NS(=O)(=O)c2ccccc2C(=O)O)nc1C. The lowest BCUT2D eigenvalue weighted by Gasteiger charge is -2.12. The van der Waals surface area contributed by atoms with E-state index in [1.54, 1.807) is 18.6 Å². The Morgan fingerprint density at radius 1 is 1.12 bits per heavy atom. The molecule has 1 heterocycles. The maximum atomic E-state index is 12.3. The maximum absolute atomic E-state index is 12.3. The Labute approximate surface area is 150 Å². The van der Waals surface area contributed by atoms with Crippen LogP contribution in [0.4, 0.5) is 10.7 Å². The highest BCUT2D eigenvalue weighted by Crippen LogP contribution is 2.16. The fourth-order valence-electron chi connectivity index (χ4n) is 2.49. The zero-order valence-corrected chi connectivity index (χ0v) is 15.2. The Bertz CT molecular complexity index is 949. The minimum absolute atomic E-state index is 0.0450. The number of aromatic nitrogens is 2. The maximum Gasteiger partial charge on any atom is 0.337 e. The molecule has 0 aliphatic rings. The zero-order chi connectivity index (χ0) is 19.5. The predicted molar refractivity (Wildman–Crippen MR) is 93.6 cm³/mol. The van der Waals surface area contributed by atoms with E-state index in [-0.39, 0.29) is 5.95 Å². The number of carbonyl (C=O) groups is 2. The number of nitrogens with zero attached hydrogens (tertiary/aromatic N) is 2. The first-order valence-corrected chi connectivity index (χ1v) is 9.14. The summed E-state index contributed by atoms with van der Waals surface area (Å²) in [7, 11) is -4.39. The van der Waals surface area contributed by atoms with Crippen molar-refractivity contribution < 1.29 is 23.1 Å². The second-order valence-corrected chi connectivity index (χ2v) is 7.06. The van der Waals surface area contributed by atoms with Gasteiger partial charge >= 0.3 is 12.0 Å². The van der Waals surface area contributed by atoms with Crippen LogP contribution in [-0.4, -0.2) is 35.5 Å². The van der Waals surface area contributed by atoms with E-state index >= 15 is 0 Å². The third kappa shape index (κ3) is 4.14. The second kappa shape index (κ2) is 7.48. The van der Waals surface area contributed by atoms with E-state index in [0.717, 1.165) is 24.1 Å². The van der Waals surface area contributed by atoms with Crippen molar-refractivity contribution in [2.45, 2.75) is 32.1 Å². The largest absolute Gasteiger partial charge is 0.478 e. The number of hydrogen-bond donors (Lipinski definition) is 3. The quantitative estimate of drug-likeness (QED) is 0.722. The van der Waals surface area contributed by atoms with Gasteiger partial charge in [0.2, 0.25) is 5.95 Å². The summed E-state index contributed by atoms with van der Waals surface area (Å²) in [5.41, 5.74) is 1.85. The average Bonchev–Trinajstić information content (AvgIpc) is 2.54. The lowest BCUT2D eigenvalue weighted by atomic mass is 10.1. The second-order valence-electron chi connectivity index (χ2n) is 5.41. The number of rotatable bonds is 5. The van der Waals surface area contributed by atoms with Crippen LogP contribution in [0.2, 0.25) is 0 Å². The van der Waals surface area contributed by atoms with Gasteiger partial charge in [-0.15, -0.1) is 0 Å². The van der Waals surface area contributed by atoms with Crippen molar-refractivity contribution in [1.82, 2.24) is 14.7 Å². The molecule has 1 aromatic heterocycles. The highest BCUT2D eigenvalue weighted by molar-refractivity contribution is 7.90. The van der Waals surface area contributed by atoms with Gasteiger partial charge in [-0.05, 0) is 38.0 Å². The normalized spacial score (nSPS) is 11.0. The molecule has 2 amide bonds. The number of aryl methyl sites for hydroxylation is 2. The van der Waals surface area contributed by atoms with E-state index in [1.807, 2.05) is 6.92 Å². The van der Waals surface area contributed by atoms with Crippen LogP contribution >= 0.6 is 0 Å². The summed E-state index contributed by atoms with van der Waals surface area (Å²) in [5.74, 6) is -1.47. The molecule has 1 aromatic carbocycles. The Hall–Kier alpha value is -3.01. The van der Waals surface area contributed by atoms with E-state index in [2.05, 4.69) is 15.3 Å². The van der Waals surface area contributed by atoms with Gasteiger partial charge in [0.15, 0.2) is 0 Å². The highest BCUT2D eigenvalue weighted by atomic mass is 32.2. The van der Waals surface area contributed by atoms with Crippen LogP contribution in [0, 0.1) is 13.8 Å². The van der Waals surface area contributed by atoms with Crippen molar-refractivity contribution >= 4 is 28.0 Å². The van der Waals surface area contributed by atoms with Crippen LogP contribution < -0.4 is 10.0 Å². The molecule has 0 unspecified atom stereocenters. The molecule has 0 saturated heterocycles. The third-order valence-corrected chi connectivity index (χ3v) is 5.02. The minimum Gasteiger partial charge on any atom is -0.478 e. The summed E-state index contributed by atoms with van der Waals surface area (Å²) >= 11 is 0. The van der Waals surface area contributed by atoms with Gasteiger partial charge in [-0.1, -0.05) is 19.1 Å². The molecule has 2 aromatic rings. The molecule has 10 heteroatoms. The van der Waals surface area contributed by atoms with Crippen molar-refractivity contribution in [2.75, 3.05) is 5.32 Å². The monoisotopic (exact) mass is 378 g/mol. The molecule has 138 valence electrons. The zero-order valence-electron chi connectivity index (χ0n) is 14.4. The molecule has 3 N–H and O–H groups in total. The van der Waals surface area contributed by atoms with Gasteiger partial charge in [-0.2, -0.15) is 0 Å². The standard InChI is InChI=1S/C16H18N4O5S/c1-4-11-9(2)17-15(18-10(11)3)19-16(23)20-26(24,25)13-8-6-5-7-12(13)14(21)22/h5-8H,4H2,1-3H3,(H,21,22)(H2,17,18,19,20,23). The molecular formula is C16H18N4O5S. The lowest BCUT2D eigenvalue weighted by Crippen LogP contribution is -2.35. The number of urea groups is 1. The molecule has 26 heavy (non-hydrogen) atoms. The van der Waals surface area contributed by atoms with Gasteiger partial charge in [0.25, 0.3) is 10.0 Å². The first-order valence-electron chi connectivity index (χ1n) is 7.66. The van der Waals surface area contributed by atoms with Crippen molar-refractivity contribution in [3.05, 3.63) is 46.8 Å². The number of carboxylic acid groups (broad SMARTS) is 1. The molecule has 2 rings (SSSR count). The minimum atomic E-state index is -4.39. The molecule has 0 aliphatic carbocycles. The van der Waals surface area contributed by atoms with Gasteiger partial charge in [-0.3, -0.25) is 5.32 Å². The smallest absolute Gasteiger partial charge is 0.337 e. The summed E-state index contributed by atoms with van der Waals surface area (Å²) < 4.78 is 26.4. The first-order chi connectivity index (χ1) is 12.2. The van der Waals surface area contributed by atoms with Crippen molar-refractivity contribution in [2.24, 2.45) is 0 Å². The summed E-state index contributed by atoms with van der Waals surface area (Å²) in [6.45, 7) is 5.47. The van der Waals surface area contributed by atoms with Crippen LogP contribution in [0.5, 0.6) is 0 Å². The summed E-state index contributed by atoms with van der Waals surface area (Å²) in [6.07, 6.45) is 0.727. The van der Waals surface area contributed by atoms with E-state index in [9.17, 15) is 18.0 Å². The van der Waals surface area contributed by atoms with E-state index < -0.39 is 32.5 Å². The molecule has 0 bridgehead atoms. The van der Waals surface area contributed by atoms with Crippen molar-refractivity contribution in [3.63, 3.8) is 0 Å². The van der Waals surface area contributed by atoms with Crippen LogP contribution in [-0.2, 0) is 16.4 Å². The molecule has 0 radical (unpaired) electrons. The molecule has 9 nitrogen and oxygen atoms in total. The Kier molecular flexibility index (Phi) is 5.56. The van der Waals surface area contributed by atoms with Crippen LogP contribution in [0.1, 0.15) is 34.2 Å².